The maximum Gasteiger partial charge on any atom is 0.364 e. The molecule has 4 fully saturated rings. The van der Waals surface area contributed by atoms with Crippen LogP contribution in [0.5, 0.6) is 0 Å². The monoisotopic (exact) mass is 1350 g/mol. The molecular formula is C48H75N9O32P2-2. The van der Waals surface area contributed by atoms with Crippen molar-refractivity contribution < 1.29 is 146 Å². The summed E-state index contributed by atoms with van der Waals surface area (Å²) < 4.78 is 67.6. The van der Waals surface area contributed by atoms with Gasteiger partial charge in [0.05, 0.1) is 50.2 Å². The average molecular weight is 1350 g/mol. The van der Waals surface area contributed by atoms with E-state index in [0.29, 0.717) is 12.8 Å². The molecule has 6 heterocycles. The van der Waals surface area contributed by atoms with Crippen LogP contribution < -0.4 is 48.6 Å². The number of phosphoric acid groups is 2. The summed E-state index contributed by atoms with van der Waals surface area (Å²) in [7, 11) is -11.6. The van der Waals surface area contributed by atoms with Crippen LogP contribution in [0.2, 0.25) is 0 Å². The molecular weight excluding hydrogens is 1280 g/mol. The Kier molecular flexibility index (Phi) is 26.3. The molecule has 2 aromatic heterocycles. The highest BCUT2D eigenvalue weighted by Crippen LogP contribution is 2.50. The van der Waals surface area contributed by atoms with Crippen LogP contribution in [-0.2, 0) is 70.1 Å². The molecule has 0 bridgehead atoms. The zero-order valence-corrected chi connectivity index (χ0v) is 50.7. The normalized spacial score (nSPS) is 33.3. The molecule has 24 atom stereocenters. The number of anilines is 2. The van der Waals surface area contributed by atoms with Crippen LogP contribution in [0.3, 0.4) is 0 Å². The minimum Gasteiger partial charge on any atom is -0.756 e. The summed E-state index contributed by atoms with van der Waals surface area (Å²) in [4.78, 5) is 118. The van der Waals surface area contributed by atoms with E-state index in [1.807, 2.05) is 0 Å². The number of aliphatic carboxylic acids is 2. The first-order valence-electron chi connectivity index (χ1n) is 27.7. The van der Waals surface area contributed by atoms with Crippen LogP contribution >= 0.6 is 15.6 Å². The summed E-state index contributed by atoms with van der Waals surface area (Å²) >= 11 is 0. The Labute approximate surface area is 514 Å². The van der Waals surface area contributed by atoms with Gasteiger partial charge in [-0.05, 0) is 25.0 Å². The zero-order chi connectivity index (χ0) is 68.6. The number of ether oxygens (including phenoxy) is 4. The highest BCUT2D eigenvalue weighted by atomic mass is 31.2. The topological polar surface area (TPSA) is 660 Å². The number of carbonyl (C=O) groups is 5. The molecule has 3 amide bonds. The maximum atomic E-state index is 12.9. The lowest BCUT2D eigenvalue weighted by Crippen LogP contribution is -2.68. The number of nitrogens with two attached hydrogens (primary N) is 2. The van der Waals surface area contributed by atoms with E-state index >= 15 is 0 Å². The summed E-state index contributed by atoms with van der Waals surface area (Å²) in [5.74, 6) is -14.1. The summed E-state index contributed by atoms with van der Waals surface area (Å²) in [6.07, 6.45) is -28.9. The molecule has 4 saturated heterocycles. The van der Waals surface area contributed by atoms with E-state index in [1.54, 1.807) is 20.8 Å². The second-order valence-electron chi connectivity index (χ2n) is 21.6. The molecule has 0 spiro atoms. The molecule has 20 N–H and O–H groups in total. The van der Waals surface area contributed by atoms with Crippen molar-refractivity contribution in [3.8, 4) is 0 Å². The number of nitrogens with one attached hydrogen (secondary N) is 3. The molecule has 2 aromatic rings. The molecule has 4 aliphatic rings. The van der Waals surface area contributed by atoms with E-state index in [1.165, 1.54) is 19.1 Å². The van der Waals surface area contributed by atoms with Gasteiger partial charge >= 0.3 is 23.3 Å². The lowest BCUT2D eigenvalue weighted by atomic mass is 9.88. The van der Waals surface area contributed by atoms with Gasteiger partial charge in [-0.1, -0.05) is 27.7 Å². The van der Waals surface area contributed by atoms with E-state index in [2.05, 4.69) is 25.9 Å². The van der Waals surface area contributed by atoms with Gasteiger partial charge < -0.3 is 132 Å². The first kappa shape index (κ1) is 76.0. The first-order chi connectivity index (χ1) is 42.3. The van der Waals surface area contributed by atoms with Crippen molar-refractivity contribution in [3.05, 3.63) is 45.5 Å². The standard InChI is InChI=1S/C25H40N5O16P.C23H37N4O16P/c1-4-10(2)21(37)27-8-13(33)17(34)20-16(28-11(3)31)12(32)7-25(45-20,23(38)39)46-47(41,42)43-9-14-18(35)19(36)22(44-14)30-6-5-15(26)29-24(30)40;1-3-9(2)19(34)26-14-10(29)6-23(21(35)36,42-18(14)15(31)11(30)7-28)43-44(38,39)40-8-12-16(32)17(33)20(41-12)27-5-4-13(24)25-22(27)37/h5-6,10,12-14,16-20,22,32-36H,4,7-9H2,1-3H3,(H,27,37)(H,28,31)(H,38,39)(H,41,42)(H2,26,29,40);4-5,9-12,14-18,20,28-33H,3,6-8H2,1-2H3,(H,26,34)(H,35,36)(H,38,39)(H2,24,25,37)/p-2/t10?,12?,13?,14-,16?,17?,18-,19-,20?,22-,25?;9?,10?,11?,12-,14?,15?,16-,17-,18?,20-,23?/m11/s1. The number of rotatable bonds is 27. The highest BCUT2D eigenvalue weighted by Gasteiger charge is 2.60. The van der Waals surface area contributed by atoms with Crippen molar-refractivity contribution in [1.29, 1.82) is 0 Å². The third-order valence-corrected chi connectivity index (χ3v) is 16.9. The van der Waals surface area contributed by atoms with Crippen LogP contribution in [-0.4, -0.2) is 251 Å². The van der Waals surface area contributed by atoms with Gasteiger partial charge in [0, 0.05) is 50.5 Å². The number of carboxylic acid groups (broad SMARTS) is 2. The van der Waals surface area contributed by atoms with Gasteiger partial charge in [0.1, 0.15) is 78.8 Å². The number of amides is 3. The van der Waals surface area contributed by atoms with Crippen LogP contribution in [0.1, 0.15) is 72.8 Å². The van der Waals surface area contributed by atoms with Crippen molar-refractivity contribution in [1.82, 2.24) is 35.1 Å². The largest absolute Gasteiger partial charge is 0.756 e. The van der Waals surface area contributed by atoms with Gasteiger partial charge in [-0.25, -0.2) is 19.2 Å². The molecule has 16 unspecified atom stereocenters. The van der Waals surface area contributed by atoms with Gasteiger partial charge in [0.2, 0.25) is 17.7 Å². The number of hydrogen-bond donors (Lipinski definition) is 18. The Morgan fingerprint density at radius 2 is 1.07 bits per heavy atom. The molecule has 516 valence electrons. The van der Waals surface area contributed by atoms with Crippen molar-refractivity contribution in [3.63, 3.8) is 0 Å². The average Bonchev–Trinajstić information content (AvgIpc) is 1.57. The van der Waals surface area contributed by atoms with Crippen molar-refractivity contribution in [2.75, 3.05) is 37.8 Å². The molecule has 0 aromatic carbocycles. The number of hydrogen-bond acceptors (Lipinski definition) is 34. The molecule has 41 nitrogen and oxygen atoms in total. The fraction of sp³-hybridized carbons (Fsp3) is 0.729. The number of phosphoric ester groups is 2. The number of carboxylic acids is 2. The Hall–Kier alpha value is -5.67. The Morgan fingerprint density at radius 1 is 0.681 bits per heavy atom. The van der Waals surface area contributed by atoms with Crippen molar-refractivity contribution in [2.24, 2.45) is 11.8 Å². The van der Waals surface area contributed by atoms with E-state index in [9.17, 15) is 119 Å². The molecule has 0 saturated carbocycles. The lowest BCUT2D eigenvalue weighted by Gasteiger charge is -2.47. The third kappa shape index (κ3) is 18.6. The zero-order valence-electron chi connectivity index (χ0n) is 48.9. The van der Waals surface area contributed by atoms with Gasteiger partial charge in [0.25, 0.3) is 27.2 Å². The highest BCUT2D eigenvalue weighted by molar-refractivity contribution is 7.46. The molecule has 0 radical (unpaired) electrons. The SMILES string of the molecule is CCC(C)C(=O)NC1C(O)CC(OP(=O)([O-])OC[C@H]2O[C@@H](n3ccc(N)nc3=O)[C@H](O)[C@@H]2O)(C(=O)O)OC1C(O)C(O)CO.CCC(C)C(=O)NCC(O)C(O)C1OC(OP(=O)([O-])OC[C@H]2O[C@@H](n3ccc(N)nc3=O)[C@H](O)[C@@H]2O)(C(=O)O)CC(O)C1NC(C)=O. The van der Waals surface area contributed by atoms with Crippen LogP contribution in [0.15, 0.2) is 34.1 Å². The van der Waals surface area contributed by atoms with Crippen molar-refractivity contribution in [2.45, 2.75) is 182 Å². The van der Waals surface area contributed by atoms with Crippen LogP contribution in [0, 0.1) is 11.8 Å². The van der Waals surface area contributed by atoms with Gasteiger partial charge in [0.15, 0.2) is 12.5 Å². The van der Waals surface area contributed by atoms with Gasteiger partial charge in [-0.3, -0.25) is 41.7 Å². The summed E-state index contributed by atoms with van der Waals surface area (Å²) in [6.45, 7) is 3.77. The minimum atomic E-state index is -5.81. The first-order valence-corrected chi connectivity index (χ1v) is 30.6. The fourth-order valence-electron chi connectivity index (χ4n) is 9.45. The summed E-state index contributed by atoms with van der Waals surface area (Å²) in [5, 5.41) is 141. The quantitative estimate of drug-likeness (QED) is 0.0369. The van der Waals surface area contributed by atoms with E-state index in [0.717, 1.165) is 28.5 Å². The summed E-state index contributed by atoms with van der Waals surface area (Å²) in [6, 6.07) is -0.805. The molecule has 0 aliphatic carbocycles. The number of carbonyl (C=O) groups excluding carboxylic acids is 3. The third-order valence-electron chi connectivity index (χ3n) is 15.0. The summed E-state index contributed by atoms with van der Waals surface area (Å²) in [5.41, 5.74) is 8.93. The number of aliphatic hydroxyl groups excluding tert-OH is 11. The Morgan fingerprint density at radius 3 is 1.43 bits per heavy atom. The van der Waals surface area contributed by atoms with Crippen molar-refractivity contribution >= 4 is 56.9 Å². The predicted molar refractivity (Wildman–Crippen MR) is 291 cm³/mol. The molecule has 4 aliphatic heterocycles. The number of aliphatic hydroxyl groups is 11. The van der Waals surface area contributed by atoms with Crippen LogP contribution in [0.4, 0.5) is 11.6 Å². The Balaban J connectivity index is 0.000000331. The number of nitrogen functional groups attached to an aromatic ring is 2. The molecule has 6 rings (SSSR count). The second kappa shape index (κ2) is 31.5. The lowest BCUT2D eigenvalue weighted by molar-refractivity contribution is -0.314. The maximum absolute atomic E-state index is 12.9. The Bertz CT molecular complexity index is 3080. The fourth-order valence-corrected chi connectivity index (χ4v) is 11.3. The van der Waals surface area contributed by atoms with E-state index in [4.69, 9.17) is 48.5 Å². The van der Waals surface area contributed by atoms with Gasteiger partial charge in [-0.15, -0.1) is 0 Å². The number of aromatic nitrogens is 4. The van der Waals surface area contributed by atoms with Gasteiger partial charge in [-0.2, -0.15) is 9.97 Å². The smallest absolute Gasteiger partial charge is 0.364 e. The molecule has 43 heteroatoms. The van der Waals surface area contributed by atoms with Crippen LogP contribution in [0.25, 0.3) is 0 Å². The van der Waals surface area contributed by atoms with E-state index in [-0.39, 0.29) is 11.6 Å². The predicted octanol–water partition coefficient (Wildman–Crippen LogP) is -9.61. The molecule has 91 heavy (non-hydrogen) atoms. The minimum absolute atomic E-state index is 0.143. The van der Waals surface area contributed by atoms with E-state index < -0.39 is 229 Å². The second-order valence-corrected chi connectivity index (χ2v) is 24.3. The number of nitrogens with zero attached hydrogens (tertiary/aromatic N) is 4.